The van der Waals surface area contributed by atoms with Gasteiger partial charge in [0.05, 0.1) is 12.7 Å². The summed E-state index contributed by atoms with van der Waals surface area (Å²) >= 11 is 0. The van der Waals surface area contributed by atoms with Gasteiger partial charge in [0.1, 0.15) is 16.8 Å². The van der Waals surface area contributed by atoms with Crippen LogP contribution in [0.4, 0.5) is 9.18 Å². The highest BCUT2D eigenvalue weighted by molar-refractivity contribution is 5.69. The first-order valence-corrected chi connectivity index (χ1v) is 7.48. The Morgan fingerprint density at radius 1 is 1.39 bits per heavy atom. The second-order valence-electron chi connectivity index (χ2n) is 6.83. The lowest BCUT2D eigenvalue weighted by Gasteiger charge is -2.46. The normalized spacial score (nSPS) is 17.8. The van der Waals surface area contributed by atoms with Gasteiger partial charge in [-0.25, -0.2) is 9.18 Å². The van der Waals surface area contributed by atoms with E-state index >= 15 is 0 Å². The monoisotopic (exact) mass is 320 g/mol. The molecule has 5 nitrogen and oxygen atoms in total. The molecule has 23 heavy (non-hydrogen) atoms. The number of rotatable bonds is 3. The number of carbonyl (C=O) groups is 1. The minimum Gasteiger partial charge on any atom is -0.444 e. The van der Waals surface area contributed by atoms with E-state index in [0.29, 0.717) is 18.7 Å². The maximum absolute atomic E-state index is 13.1. The first-order valence-electron chi connectivity index (χ1n) is 7.48. The number of halogens is 1. The summed E-state index contributed by atoms with van der Waals surface area (Å²) in [6.07, 6.45) is -0.433. The molecular weight excluding hydrogens is 299 g/mol. The molecule has 1 atom stereocenters. The molecule has 1 unspecified atom stereocenters. The largest absolute Gasteiger partial charge is 0.444 e. The molecule has 1 saturated heterocycles. The number of carbonyl (C=O) groups excluding carboxylic acids is 1. The van der Waals surface area contributed by atoms with E-state index in [4.69, 9.17) is 4.74 Å². The number of amides is 1. The molecule has 1 N–H and O–H groups in total. The number of hydrogen-bond donors (Lipinski definition) is 1. The highest BCUT2D eigenvalue weighted by Gasteiger charge is 2.48. The lowest BCUT2D eigenvalue weighted by atomic mass is 9.68. The molecule has 1 aromatic carbocycles. The smallest absolute Gasteiger partial charge is 0.410 e. The fraction of sp³-hybridized carbons (Fsp3) is 0.529. The zero-order valence-electron chi connectivity index (χ0n) is 13.5. The van der Waals surface area contributed by atoms with Crippen LogP contribution in [0.5, 0.6) is 0 Å². The molecule has 0 radical (unpaired) electrons. The fourth-order valence-corrected chi connectivity index (χ4v) is 2.66. The quantitative estimate of drug-likeness (QED) is 0.928. The van der Waals surface area contributed by atoms with Crippen molar-refractivity contribution in [1.29, 1.82) is 5.26 Å². The molecule has 1 aromatic rings. The van der Waals surface area contributed by atoms with Gasteiger partial charge in [-0.05, 0) is 38.5 Å². The number of nitrogens with zero attached hydrogens (tertiary/aromatic N) is 2. The molecule has 2 rings (SSSR count). The standard InChI is InChI=1S/C17H21FN2O3/c1-16(2,3)23-15(22)20-8-13(9-20)17(10-19,11-21)12-4-6-14(18)7-5-12/h4-7,13,21H,8-9,11H2,1-3H3. The number of benzene rings is 1. The van der Waals surface area contributed by atoms with Gasteiger partial charge in [0, 0.05) is 19.0 Å². The Bertz CT molecular complexity index is 612. The van der Waals surface area contributed by atoms with E-state index in [-0.39, 0.29) is 12.5 Å². The van der Waals surface area contributed by atoms with E-state index in [1.807, 2.05) is 0 Å². The van der Waals surface area contributed by atoms with E-state index < -0.39 is 22.9 Å². The van der Waals surface area contributed by atoms with Crippen LogP contribution in [0.2, 0.25) is 0 Å². The molecule has 0 bridgehead atoms. The number of likely N-dealkylation sites (tertiary alicyclic amines) is 1. The molecular formula is C17H21FN2O3. The molecule has 1 aliphatic rings. The van der Waals surface area contributed by atoms with Crippen molar-refractivity contribution in [3.63, 3.8) is 0 Å². The second kappa shape index (κ2) is 6.17. The van der Waals surface area contributed by atoms with Crippen LogP contribution in [0.15, 0.2) is 24.3 Å². The van der Waals surface area contributed by atoms with Crippen LogP contribution >= 0.6 is 0 Å². The van der Waals surface area contributed by atoms with Crippen molar-refractivity contribution in [2.75, 3.05) is 19.7 Å². The Morgan fingerprint density at radius 3 is 2.39 bits per heavy atom. The topological polar surface area (TPSA) is 73.6 Å². The highest BCUT2D eigenvalue weighted by atomic mass is 19.1. The van der Waals surface area contributed by atoms with Crippen LogP contribution in [0, 0.1) is 23.1 Å². The third-order valence-corrected chi connectivity index (χ3v) is 4.04. The van der Waals surface area contributed by atoms with Gasteiger partial charge >= 0.3 is 6.09 Å². The Labute approximate surface area is 135 Å². The zero-order chi connectivity index (χ0) is 17.3. The van der Waals surface area contributed by atoms with E-state index in [2.05, 4.69) is 6.07 Å². The average Bonchev–Trinajstić information content (AvgIpc) is 2.41. The average molecular weight is 320 g/mol. The molecule has 0 aromatic heterocycles. The maximum Gasteiger partial charge on any atom is 0.410 e. The van der Waals surface area contributed by atoms with Crippen molar-refractivity contribution < 1.29 is 19.0 Å². The number of aliphatic hydroxyl groups is 1. The van der Waals surface area contributed by atoms with Crippen LogP contribution in [-0.4, -0.2) is 41.4 Å². The van der Waals surface area contributed by atoms with Gasteiger partial charge in [0.25, 0.3) is 0 Å². The van der Waals surface area contributed by atoms with E-state index in [1.165, 1.54) is 29.2 Å². The minimum atomic E-state index is -1.15. The molecule has 124 valence electrons. The van der Waals surface area contributed by atoms with Crippen LogP contribution < -0.4 is 0 Å². The van der Waals surface area contributed by atoms with Crippen molar-refractivity contribution in [2.45, 2.75) is 31.8 Å². The van der Waals surface area contributed by atoms with Gasteiger partial charge in [0.15, 0.2) is 0 Å². The van der Waals surface area contributed by atoms with Crippen molar-refractivity contribution in [3.05, 3.63) is 35.6 Å². The first-order chi connectivity index (χ1) is 10.7. The van der Waals surface area contributed by atoms with Crippen LogP contribution in [0.25, 0.3) is 0 Å². The third-order valence-electron chi connectivity index (χ3n) is 4.04. The number of nitriles is 1. The van der Waals surface area contributed by atoms with Gasteiger partial charge in [-0.3, -0.25) is 0 Å². The van der Waals surface area contributed by atoms with Gasteiger partial charge in [-0.2, -0.15) is 5.26 Å². The fourth-order valence-electron chi connectivity index (χ4n) is 2.66. The van der Waals surface area contributed by atoms with Gasteiger partial charge < -0.3 is 14.7 Å². The lowest BCUT2D eigenvalue weighted by Crippen LogP contribution is -2.59. The number of hydrogen-bond acceptors (Lipinski definition) is 4. The van der Waals surface area contributed by atoms with Crippen molar-refractivity contribution in [1.82, 2.24) is 4.90 Å². The summed E-state index contributed by atoms with van der Waals surface area (Å²) < 4.78 is 18.4. The van der Waals surface area contributed by atoms with Crippen molar-refractivity contribution >= 4 is 6.09 Å². The SMILES string of the molecule is CC(C)(C)OC(=O)N1CC(C(C#N)(CO)c2ccc(F)cc2)C1. The molecule has 6 heteroatoms. The summed E-state index contributed by atoms with van der Waals surface area (Å²) in [5.74, 6) is -0.627. The third kappa shape index (κ3) is 3.45. The second-order valence-corrected chi connectivity index (χ2v) is 6.83. The Morgan fingerprint density at radius 2 is 1.96 bits per heavy atom. The summed E-state index contributed by atoms with van der Waals surface area (Å²) in [6, 6.07) is 7.70. The van der Waals surface area contributed by atoms with Gasteiger partial charge in [-0.15, -0.1) is 0 Å². The minimum absolute atomic E-state index is 0.226. The molecule has 1 amide bonds. The van der Waals surface area contributed by atoms with Gasteiger partial charge in [0.2, 0.25) is 0 Å². The summed E-state index contributed by atoms with van der Waals surface area (Å²) in [6.45, 7) is 5.61. The number of ether oxygens (including phenoxy) is 1. The predicted molar refractivity (Wildman–Crippen MR) is 82.1 cm³/mol. The zero-order valence-corrected chi connectivity index (χ0v) is 13.5. The first kappa shape index (κ1) is 17.2. The molecule has 0 saturated carbocycles. The van der Waals surface area contributed by atoms with E-state index in [1.54, 1.807) is 20.8 Å². The summed E-state index contributed by atoms with van der Waals surface area (Å²) in [5, 5.41) is 19.4. The van der Waals surface area contributed by atoms with Crippen LogP contribution in [0.3, 0.4) is 0 Å². The summed E-state index contributed by atoms with van der Waals surface area (Å²) in [7, 11) is 0. The Hall–Kier alpha value is -2.13. The van der Waals surface area contributed by atoms with Crippen LogP contribution in [-0.2, 0) is 10.2 Å². The molecule has 1 heterocycles. The van der Waals surface area contributed by atoms with Gasteiger partial charge in [-0.1, -0.05) is 12.1 Å². The molecule has 0 spiro atoms. The van der Waals surface area contributed by atoms with E-state index in [0.717, 1.165) is 0 Å². The lowest BCUT2D eigenvalue weighted by molar-refractivity contribution is -0.0164. The molecule has 1 fully saturated rings. The molecule has 0 aliphatic carbocycles. The highest BCUT2D eigenvalue weighted by Crippen LogP contribution is 2.38. The molecule has 1 aliphatic heterocycles. The Balaban J connectivity index is 2.12. The predicted octanol–water partition coefficient (Wildman–Crippen LogP) is 2.45. The van der Waals surface area contributed by atoms with Crippen molar-refractivity contribution in [3.8, 4) is 6.07 Å². The summed E-state index contributed by atoms with van der Waals surface area (Å²) in [5.41, 5.74) is -1.17. The van der Waals surface area contributed by atoms with Crippen LogP contribution in [0.1, 0.15) is 26.3 Å². The maximum atomic E-state index is 13.1. The number of aliphatic hydroxyl groups excluding tert-OH is 1. The Kier molecular flexibility index (Phi) is 4.62. The van der Waals surface area contributed by atoms with Crippen molar-refractivity contribution in [2.24, 2.45) is 5.92 Å². The van der Waals surface area contributed by atoms with E-state index in [9.17, 15) is 19.6 Å². The summed E-state index contributed by atoms with van der Waals surface area (Å²) in [4.78, 5) is 13.5.